The van der Waals surface area contributed by atoms with Gasteiger partial charge in [-0.1, -0.05) is 0 Å². The van der Waals surface area contributed by atoms with E-state index in [1.165, 1.54) is 0 Å². The van der Waals surface area contributed by atoms with Gasteiger partial charge in [0.05, 0.1) is 19.1 Å². The summed E-state index contributed by atoms with van der Waals surface area (Å²) in [5.41, 5.74) is 6.72. The summed E-state index contributed by atoms with van der Waals surface area (Å²) >= 11 is 0. The number of fused-ring (bicyclic) bond motifs is 1. The average molecular weight is 285 g/mol. The second kappa shape index (κ2) is 7.45. The third-order valence-electron chi connectivity index (χ3n) is 2.26. The van der Waals surface area contributed by atoms with Crippen molar-refractivity contribution in [1.82, 2.24) is 19.9 Å². The molecule has 0 unspecified atom stereocenters. The summed E-state index contributed by atoms with van der Waals surface area (Å²) < 4.78 is 0. The zero-order valence-electron chi connectivity index (χ0n) is 10.3. The molecular formula is C10H15N5O5. The van der Waals surface area contributed by atoms with Gasteiger partial charge in [-0.05, 0) is 0 Å². The van der Waals surface area contributed by atoms with E-state index in [0.717, 1.165) is 5.52 Å². The summed E-state index contributed by atoms with van der Waals surface area (Å²) in [7, 11) is 0. The first-order valence-corrected chi connectivity index (χ1v) is 5.51. The number of carbonyl (C=O) groups is 1. The SMILES string of the molecule is Nc1ncc2nc[nH]c2n1.O=C[C@H](O)[C@H](O)[C@H](O)CO. The lowest BCUT2D eigenvalue weighted by Gasteiger charge is -2.16. The summed E-state index contributed by atoms with van der Waals surface area (Å²) in [6, 6.07) is 0. The lowest BCUT2D eigenvalue weighted by Crippen LogP contribution is -2.40. The molecule has 0 fully saturated rings. The molecule has 0 amide bonds. The Morgan fingerprint density at radius 3 is 2.65 bits per heavy atom. The van der Waals surface area contributed by atoms with Crippen molar-refractivity contribution in [3.63, 3.8) is 0 Å². The number of H-pyrrole nitrogens is 1. The van der Waals surface area contributed by atoms with Crippen LogP contribution in [0.5, 0.6) is 0 Å². The molecule has 10 heteroatoms. The molecule has 0 aliphatic carbocycles. The van der Waals surface area contributed by atoms with E-state index < -0.39 is 24.9 Å². The fraction of sp³-hybridized carbons (Fsp3) is 0.400. The van der Waals surface area contributed by atoms with Gasteiger partial charge in [0.1, 0.15) is 23.8 Å². The molecule has 10 nitrogen and oxygen atoms in total. The van der Waals surface area contributed by atoms with Crippen molar-refractivity contribution in [3.8, 4) is 0 Å². The molecule has 20 heavy (non-hydrogen) atoms. The molecular weight excluding hydrogens is 270 g/mol. The second-order valence-corrected chi connectivity index (χ2v) is 3.73. The minimum Gasteiger partial charge on any atom is -0.394 e. The lowest BCUT2D eigenvalue weighted by atomic mass is 10.1. The number of imidazole rings is 1. The van der Waals surface area contributed by atoms with Crippen LogP contribution in [-0.4, -0.2) is 71.6 Å². The van der Waals surface area contributed by atoms with Crippen molar-refractivity contribution < 1.29 is 25.2 Å². The summed E-state index contributed by atoms with van der Waals surface area (Å²) in [6.45, 7) is -0.688. The second-order valence-electron chi connectivity index (χ2n) is 3.73. The third-order valence-corrected chi connectivity index (χ3v) is 2.26. The molecule has 2 heterocycles. The largest absolute Gasteiger partial charge is 0.394 e. The quantitative estimate of drug-likeness (QED) is 0.323. The predicted molar refractivity (Wildman–Crippen MR) is 67.3 cm³/mol. The minimum atomic E-state index is -1.64. The van der Waals surface area contributed by atoms with E-state index in [-0.39, 0.29) is 12.2 Å². The van der Waals surface area contributed by atoms with Crippen LogP contribution in [0, 0.1) is 0 Å². The number of nitrogens with two attached hydrogens (primary N) is 1. The molecule has 0 aliphatic heterocycles. The number of anilines is 1. The number of aromatic nitrogens is 4. The Labute approximate surface area is 112 Å². The number of aliphatic hydroxyl groups excluding tert-OH is 4. The van der Waals surface area contributed by atoms with Crippen LogP contribution in [0.25, 0.3) is 11.2 Å². The van der Waals surface area contributed by atoms with Gasteiger partial charge >= 0.3 is 0 Å². The minimum absolute atomic E-state index is 0.0869. The number of rotatable bonds is 4. The van der Waals surface area contributed by atoms with Crippen LogP contribution in [0.2, 0.25) is 0 Å². The highest BCUT2D eigenvalue weighted by atomic mass is 16.4. The smallest absolute Gasteiger partial charge is 0.222 e. The summed E-state index contributed by atoms with van der Waals surface area (Å²) in [4.78, 5) is 24.2. The molecule has 0 radical (unpaired) electrons. The topological polar surface area (TPSA) is 178 Å². The van der Waals surface area contributed by atoms with Gasteiger partial charge in [0, 0.05) is 0 Å². The van der Waals surface area contributed by atoms with Gasteiger partial charge < -0.3 is 35.9 Å². The number of nitrogen functional groups attached to an aromatic ring is 1. The van der Waals surface area contributed by atoms with E-state index in [4.69, 9.17) is 26.2 Å². The van der Waals surface area contributed by atoms with Crippen LogP contribution in [0.15, 0.2) is 12.5 Å². The van der Waals surface area contributed by atoms with Gasteiger partial charge in [0.15, 0.2) is 11.9 Å². The van der Waals surface area contributed by atoms with E-state index >= 15 is 0 Å². The van der Waals surface area contributed by atoms with E-state index in [2.05, 4.69) is 19.9 Å². The van der Waals surface area contributed by atoms with Gasteiger partial charge in [-0.3, -0.25) is 0 Å². The number of carbonyl (C=O) groups excluding carboxylic acids is 1. The van der Waals surface area contributed by atoms with Gasteiger partial charge in [-0.2, -0.15) is 4.98 Å². The van der Waals surface area contributed by atoms with Crippen LogP contribution < -0.4 is 5.73 Å². The Morgan fingerprint density at radius 1 is 1.35 bits per heavy atom. The van der Waals surface area contributed by atoms with Crippen LogP contribution >= 0.6 is 0 Å². The molecule has 0 bridgehead atoms. The molecule has 2 aromatic heterocycles. The Bertz CT molecular complexity index is 548. The summed E-state index contributed by atoms with van der Waals surface area (Å²) in [5.74, 6) is 0.261. The molecule has 2 rings (SSSR count). The van der Waals surface area contributed by atoms with Crippen LogP contribution in [-0.2, 0) is 4.79 Å². The third kappa shape index (κ3) is 4.20. The van der Waals surface area contributed by atoms with Gasteiger partial charge in [0.2, 0.25) is 5.95 Å². The number of nitrogens with one attached hydrogen (secondary N) is 1. The number of aliphatic hydroxyl groups is 4. The molecule has 3 atom stereocenters. The van der Waals surface area contributed by atoms with E-state index in [9.17, 15) is 4.79 Å². The van der Waals surface area contributed by atoms with Crippen molar-refractivity contribution in [3.05, 3.63) is 12.5 Å². The zero-order chi connectivity index (χ0) is 15.1. The zero-order valence-corrected chi connectivity index (χ0v) is 10.3. The molecule has 2 aromatic rings. The van der Waals surface area contributed by atoms with Crippen molar-refractivity contribution in [2.45, 2.75) is 18.3 Å². The Balaban J connectivity index is 0.000000200. The number of aromatic amines is 1. The van der Waals surface area contributed by atoms with Crippen LogP contribution in [0.4, 0.5) is 5.95 Å². The maximum Gasteiger partial charge on any atom is 0.222 e. The predicted octanol–water partition coefficient (Wildman–Crippen LogP) is -2.80. The summed E-state index contributed by atoms with van der Waals surface area (Å²) in [5, 5.41) is 34.1. The van der Waals surface area contributed by atoms with Crippen LogP contribution in [0.3, 0.4) is 0 Å². The molecule has 0 saturated heterocycles. The van der Waals surface area contributed by atoms with Gasteiger partial charge in [-0.25, -0.2) is 9.97 Å². The molecule has 0 saturated carbocycles. The Kier molecular flexibility index (Phi) is 5.93. The first-order valence-electron chi connectivity index (χ1n) is 5.51. The molecule has 0 aromatic carbocycles. The van der Waals surface area contributed by atoms with Crippen molar-refractivity contribution >= 4 is 23.4 Å². The average Bonchev–Trinajstić information content (AvgIpc) is 2.92. The summed E-state index contributed by atoms with van der Waals surface area (Å²) in [6.07, 6.45) is -1.50. The Morgan fingerprint density at radius 2 is 2.05 bits per heavy atom. The normalized spacial score (nSPS) is 15.0. The molecule has 0 aliphatic rings. The van der Waals surface area contributed by atoms with E-state index in [1.54, 1.807) is 12.5 Å². The highest BCUT2D eigenvalue weighted by Crippen LogP contribution is 2.03. The van der Waals surface area contributed by atoms with Gasteiger partial charge in [-0.15, -0.1) is 0 Å². The Hall–Kier alpha value is -2.14. The maximum atomic E-state index is 9.76. The first kappa shape index (κ1) is 15.9. The molecule has 110 valence electrons. The molecule has 7 N–H and O–H groups in total. The van der Waals surface area contributed by atoms with Crippen molar-refractivity contribution in [2.24, 2.45) is 0 Å². The van der Waals surface area contributed by atoms with E-state index in [0.29, 0.717) is 5.65 Å². The first-order chi connectivity index (χ1) is 9.49. The number of aldehydes is 1. The lowest BCUT2D eigenvalue weighted by molar-refractivity contribution is -0.127. The fourth-order valence-electron chi connectivity index (χ4n) is 1.17. The van der Waals surface area contributed by atoms with Crippen LogP contribution in [0.1, 0.15) is 0 Å². The number of hydrogen-bond donors (Lipinski definition) is 6. The highest BCUT2D eigenvalue weighted by molar-refractivity contribution is 5.69. The highest BCUT2D eigenvalue weighted by Gasteiger charge is 2.22. The van der Waals surface area contributed by atoms with E-state index in [1.807, 2.05) is 0 Å². The number of hydrogen-bond acceptors (Lipinski definition) is 9. The maximum absolute atomic E-state index is 9.76. The monoisotopic (exact) mass is 285 g/mol. The number of nitrogens with zero attached hydrogens (tertiary/aromatic N) is 3. The van der Waals surface area contributed by atoms with Gasteiger partial charge in [0.25, 0.3) is 0 Å². The van der Waals surface area contributed by atoms with Crippen molar-refractivity contribution in [2.75, 3.05) is 12.3 Å². The van der Waals surface area contributed by atoms with Crippen molar-refractivity contribution in [1.29, 1.82) is 0 Å². The molecule has 0 spiro atoms. The standard InChI is InChI=1S/C5H5N5.C5H10O5/c6-5-7-1-3-4(10-5)9-2-8-3;6-1-3(8)5(10)4(9)2-7/h1-2H,(H3,6,7,8,9,10);1,3-5,7-10H,2H2/t;3-,4+,5-/m.0/s1. The fourth-order valence-corrected chi connectivity index (χ4v) is 1.17.